The molecule has 40 heavy (non-hydrogen) atoms. The van der Waals surface area contributed by atoms with Gasteiger partial charge < -0.3 is 10.1 Å². The lowest BCUT2D eigenvalue weighted by Gasteiger charge is -2.31. The Morgan fingerprint density at radius 2 is 1.80 bits per heavy atom. The first-order valence-corrected chi connectivity index (χ1v) is 14.5. The van der Waals surface area contributed by atoms with Crippen LogP contribution in [0.4, 0.5) is 15.8 Å². The van der Waals surface area contributed by atoms with Gasteiger partial charge >= 0.3 is 5.97 Å². The summed E-state index contributed by atoms with van der Waals surface area (Å²) in [5.74, 6) is -1.30. The standard InChI is InChI=1S/C27H20ClFN4O5S2/c1-38-26(35)17-4-9-20(10-5-17)31-24(34)15-39-27-30-13-23-25(32-27)21-11-6-18(28)12-22(21)33(40(23,36)37)14-16-2-7-19(29)8-3-16/h2-13H,14-15H2,1H3,(H,31,34). The number of fused-ring (bicyclic) bond motifs is 3. The van der Waals surface area contributed by atoms with Gasteiger partial charge in [0, 0.05) is 16.3 Å². The number of methoxy groups -OCH3 is 1. The number of hydrogen-bond acceptors (Lipinski definition) is 8. The lowest BCUT2D eigenvalue weighted by atomic mass is 10.1. The molecule has 1 amide bonds. The Hall–Kier alpha value is -4.00. The summed E-state index contributed by atoms with van der Waals surface area (Å²) in [5.41, 5.74) is 2.47. The number of benzene rings is 3. The first-order valence-electron chi connectivity index (χ1n) is 11.7. The summed E-state index contributed by atoms with van der Waals surface area (Å²) in [6.07, 6.45) is 1.22. The molecule has 13 heteroatoms. The van der Waals surface area contributed by atoms with E-state index in [9.17, 15) is 22.4 Å². The van der Waals surface area contributed by atoms with Crippen molar-refractivity contribution in [2.45, 2.75) is 16.6 Å². The fourth-order valence-corrected chi connectivity index (χ4v) is 6.36. The molecule has 3 aromatic carbocycles. The predicted octanol–water partition coefficient (Wildman–Crippen LogP) is 5.16. The summed E-state index contributed by atoms with van der Waals surface area (Å²) in [7, 11) is -2.80. The number of carbonyl (C=O) groups excluding carboxylic acids is 2. The molecule has 0 unspecified atom stereocenters. The second-order valence-corrected chi connectivity index (χ2v) is 11.8. The van der Waals surface area contributed by atoms with E-state index in [1.165, 1.54) is 60.1 Å². The summed E-state index contributed by atoms with van der Waals surface area (Å²) in [5, 5.41) is 3.26. The molecular formula is C27H20ClFN4O5S2. The summed E-state index contributed by atoms with van der Waals surface area (Å²) >= 11 is 7.26. The highest BCUT2D eigenvalue weighted by Crippen LogP contribution is 2.44. The molecule has 5 rings (SSSR count). The van der Waals surface area contributed by atoms with Gasteiger partial charge in [0.2, 0.25) is 5.91 Å². The number of halogens is 2. The zero-order valence-corrected chi connectivity index (χ0v) is 23.2. The molecule has 9 nitrogen and oxygen atoms in total. The zero-order valence-electron chi connectivity index (χ0n) is 20.8. The summed E-state index contributed by atoms with van der Waals surface area (Å²) in [4.78, 5) is 32.6. The molecule has 0 atom stereocenters. The number of nitrogens with zero attached hydrogens (tertiary/aromatic N) is 3. The fourth-order valence-electron chi connectivity index (χ4n) is 4.03. The largest absolute Gasteiger partial charge is 0.465 e. The quantitative estimate of drug-likeness (QED) is 0.176. The molecule has 204 valence electrons. The molecule has 4 aromatic rings. The number of nitrogens with one attached hydrogen (secondary N) is 1. The third-order valence-electron chi connectivity index (χ3n) is 5.95. The molecular weight excluding hydrogens is 579 g/mol. The molecule has 2 heterocycles. The number of carbonyl (C=O) groups is 2. The van der Waals surface area contributed by atoms with Crippen molar-refractivity contribution in [3.05, 3.63) is 94.9 Å². The van der Waals surface area contributed by atoms with Gasteiger partial charge in [-0.05, 0) is 60.2 Å². The van der Waals surface area contributed by atoms with Crippen LogP contribution in [-0.2, 0) is 26.1 Å². The van der Waals surface area contributed by atoms with E-state index in [2.05, 4.69) is 20.0 Å². The summed E-state index contributed by atoms with van der Waals surface area (Å²) in [6, 6.07) is 16.6. The van der Waals surface area contributed by atoms with Crippen LogP contribution >= 0.6 is 23.4 Å². The Morgan fingerprint density at radius 1 is 1.07 bits per heavy atom. The molecule has 1 aliphatic rings. The number of thioether (sulfide) groups is 1. The van der Waals surface area contributed by atoms with E-state index in [0.29, 0.717) is 33.1 Å². The van der Waals surface area contributed by atoms with Gasteiger partial charge in [0.15, 0.2) is 5.16 Å². The Bertz CT molecular complexity index is 1720. The monoisotopic (exact) mass is 598 g/mol. The van der Waals surface area contributed by atoms with Crippen molar-refractivity contribution < 1.29 is 27.1 Å². The first-order chi connectivity index (χ1) is 19.2. The van der Waals surface area contributed by atoms with Crippen molar-refractivity contribution in [2.24, 2.45) is 0 Å². The van der Waals surface area contributed by atoms with Crippen LogP contribution in [0.3, 0.4) is 0 Å². The maximum atomic E-state index is 13.6. The number of aromatic nitrogens is 2. The van der Waals surface area contributed by atoms with Gasteiger partial charge in [-0.15, -0.1) is 0 Å². The summed E-state index contributed by atoms with van der Waals surface area (Å²) in [6.45, 7) is -0.0489. The molecule has 0 radical (unpaired) electrons. The molecule has 0 fully saturated rings. The van der Waals surface area contributed by atoms with Crippen molar-refractivity contribution in [3.63, 3.8) is 0 Å². The van der Waals surface area contributed by atoms with Gasteiger partial charge in [0.1, 0.15) is 10.7 Å². The average Bonchev–Trinajstić information content (AvgIpc) is 2.95. The van der Waals surface area contributed by atoms with E-state index in [0.717, 1.165) is 11.8 Å². The number of rotatable bonds is 7. The maximum Gasteiger partial charge on any atom is 0.337 e. The highest BCUT2D eigenvalue weighted by atomic mass is 35.5. The predicted molar refractivity (Wildman–Crippen MR) is 149 cm³/mol. The number of amides is 1. The second kappa shape index (κ2) is 11.2. The maximum absolute atomic E-state index is 13.6. The van der Waals surface area contributed by atoms with E-state index in [-0.39, 0.29) is 34.0 Å². The van der Waals surface area contributed by atoms with Crippen LogP contribution in [-0.4, -0.2) is 43.1 Å². The van der Waals surface area contributed by atoms with Crippen molar-refractivity contribution in [1.82, 2.24) is 9.97 Å². The van der Waals surface area contributed by atoms with Gasteiger partial charge in [-0.1, -0.05) is 35.5 Å². The van der Waals surface area contributed by atoms with Gasteiger partial charge in [0.05, 0.1) is 42.5 Å². The Labute approximate surface area is 238 Å². The first kappa shape index (κ1) is 27.6. The van der Waals surface area contributed by atoms with Crippen LogP contribution in [0.5, 0.6) is 0 Å². The minimum Gasteiger partial charge on any atom is -0.465 e. The second-order valence-electron chi connectivity index (χ2n) is 8.57. The normalized spacial score (nSPS) is 13.2. The van der Waals surface area contributed by atoms with Crippen LogP contribution in [0.1, 0.15) is 15.9 Å². The third-order valence-corrected chi connectivity index (χ3v) is 8.80. The van der Waals surface area contributed by atoms with E-state index in [1.54, 1.807) is 24.3 Å². The van der Waals surface area contributed by atoms with Gasteiger partial charge in [-0.3, -0.25) is 9.10 Å². The third kappa shape index (κ3) is 5.64. The van der Waals surface area contributed by atoms with Crippen molar-refractivity contribution >= 4 is 56.6 Å². The van der Waals surface area contributed by atoms with Crippen LogP contribution in [0.25, 0.3) is 11.3 Å². The van der Waals surface area contributed by atoms with Crippen molar-refractivity contribution in [1.29, 1.82) is 0 Å². The summed E-state index contributed by atoms with van der Waals surface area (Å²) < 4.78 is 46.6. The number of anilines is 2. The molecule has 1 N–H and O–H groups in total. The minimum atomic E-state index is -4.09. The van der Waals surface area contributed by atoms with E-state index >= 15 is 0 Å². The molecule has 0 spiro atoms. The van der Waals surface area contributed by atoms with E-state index < -0.39 is 21.8 Å². The Balaban J connectivity index is 1.37. The van der Waals surface area contributed by atoms with Gasteiger partial charge in [-0.25, -0.2) is 27.6 Å². The topological polar surface area (TPSA) is 119 Å². The molecule has 1 aromatic heterocycles. The van der Waals surface area contributed by atoms with Gasteiger partial charge in [0.25, 0.3) is 10.0 Å². The highest BCUT2D eigenvalue weighted by molar-refractivity contribution is 7.99. The van der Waals surface area contributed by atoms with Crippen molar-refractivity contribution in [2.75, 3.05) is 22.5 Å². The Kier molecular flexibility index (Phi) is 7.74. The number of ether oxygens (including phenoxy) is 1. The van der Waals surface area contributed by atoms with Crippen molar-refractivity contribution in [3.8, 4) is 11.3 Å². The van der Waals surface area contributed by atoms with Gasteiger partial charge in [-0.2, -0.15) is 0 Å². The zero-order chi connectivity index (χ0) is 28.4. The molecule has 0 saturated heterocycles. The average molecular weight is 599 g/mol. The van der Waals surface area contributed by atoms with Crippen LogP contribution < -0.4 is 9.62 Å². The van der Waals surface area contributed by atoms with Crippen LogP contribution in [0.2, 0.25) is 5.02 Å². The minimum absolute atomic E-state index is 0.0472. The molecule has 1 aliphatic heterocycles. The fraction of sp³-hybridized carbons (Fsp3) is 0.111. The van der Waals surface area contributed by atoms with E-state index in [1.807, 2.05) is 0 Å². The lowest BCUT2D eigenvalue weighted by molar-refractivity contribution is -0.113. The van der Waals surface area contributed by atoms with Crippen LogP contribution in [0.15, 0.2) is 83.0 Å². The Morgan fingerprint density at radius 3 is 2.50 bits per heavy atom. The SMILES string of the molecule is COC(=O)c1ccc(NC(=O)CSc2ncc3c(n2)-c2ccc(Cl)cc2N(Cc2ccc(F)cc2)S3(=O)=O)cc1. The number of hydrogen-bond donors (Lipinski definition) is 1. The highest BCUT2D eigenvalue weighted by Gasteiger charge is 2.37. The lowest BCUT2D eigenvalue weighted by Crippen LogP contribution is -2.34. The molecule has 0 saturated carbocycles. The molecule has 0 aliphatic carbocycles. The molecule has 0 bridgehead atoms. The van der Waals surface area contributed by atoms with E-state index in [4.69, 9.17) is 11.6 Å². The number of sulfonamides is 1. The number of esters is 1. The van der Waals surface area contributed by atoms with Crippen LogP contribution in [0, 0.1) is 5.82 Å². The smallest absolute Gasteiger partial charge is 0.337 e.